The first-order chi connectivity index (χ1) is 23.3. The van der Waals surface area contributed by atoms with E-state index < -0.39 is 43.4 Å². The lowest BCUT2D eigenvalue weighted by atomic mass is 9.99. The predicted octanol–water partition coefficient (Wildman–Crippen LogP) is 6.20. The summed E-state index contributed by atoms with van der Waals surface area (Å²) in [6, 6.07) is -1.01. The zero-order valence-electron chi connectivity index (χ0n) is 30.7. The Morgan fingerprint density at radius 2 is 1.06 bits per heavy atom. The van der Waals surface area contributed by atoms with Crippen molar-refractivity contribution < 1.29 is 39.5 Å². The van der Waals surface area contributed by atoms with Crippen molar-refractivity contribution in [3.8, 4) is 0 Å². The molecule has 0 aromatic rings. The highest BCUT2D eigenvalue weighted by atomic mass is 16.7. The van der Waals surface area contributed by atoms with Gasteiger partial charge in [-0.2, -0.15) is 0 Å². The van der Waals surface area contributed by atoms with Crippen molar-refractivity contribution in [3.05, 3.63) is 0 Å². The van der Waals surface area contributed by atoms with Gasteiger partial charge in [0.05, 0.1) is 13.2 Å². The van der Waals surface area contributed by atoms with Crippen LogP contribution in [-0.4, -0.2) is 88.7 Å². The van der Waals surface area contributed by atoms with Crippen molar-refractivity contribution in [3.63, 3.8) is 0 Å². The van der Waals surface area contributed by atoms with Crippen LogP contribution in [0.2, 0.25) is 0 Å². The summed E-state index contributed by atoms with van der Waals surface area (Å²) in [5.74, 6) is -0.629. The van der Waals surface area contributed by atoms with Gasteiger partial charge in [-0.05, 0) is 12.8 Å². The first-order valence-electron chi connectivity index (χ1n) is 19.8. The summed E-state index contributed by atoms with van der Waals surface area (Å²) < 4.78 is 11.1. The Morgan fingerprint density at radius 1 is 0.625 bits per heavy atom. The number of aliphatic hydroxyl groups is 4. The number of nitrogens with one attached hydrogen (secondary N) is 2. The van der Waals surface area contributed by atoms with E-state index in [4.69, 9.17) is 9.47 Å². The smallest absolute Gasteiger partial charge is 0.244 e. The molecule has 48 heavy (non-hydrogen) atoms. The molecule has 0 radical (unpaired) electrons. The Hall–Kier alpha value is -1.30. The van der Waals surface area contributed by atoms with E-state index in [0.717, 1.165) is 38.5 Å². The molecule has 1 saturated heterocycles. The van der Waals surface area contributed by atoms with Gasteiger partial charge in [0, 0.05) is 13.0 Å². The Labute approximate surface area is 292 Å². The number of hydrogen-bond donors (Lipinski definition) is 6. The maximum absolute atomic E-state index is 13.1. The van der Waals surface area contributed by atoms with Crippen molar-refractivity contribution in [2.24, 2.45) is 0 Å². The molecule has 6 atom stereocenters. The molecule has 284 valence electrons. The van der Waals surface area contributed by atoms with Crippen molar-refractivity contribution in [1.29, 1.82) is 0 Å². The van der Waals surface area contributed by atoms with Crippen LogP contribution >= 0.6 is 0 Å². The summed E-state index contributed by atoms with van der Waals surface area (Å²) in [7, 11) is 0. The number of carbonyl (C=O) groups excluding carboxylic acids is 2. The van der Waals surface area contributed by atoms with E-state index in [9.17, 15) is 30.0 Å². The Bertz CT molecular complexity index is 771. The minimum absolute atomic E-state index is 0.245. The summed E-state index contributed by atoms with van der Waals surface area (Å²) in [5.41, 5.74) is 0. The molecule has 10 heteroatoms. The van der Waals surface area contributed by atoms with Crippen LogP contribution in [0.1, 0.15) is 174 Å². The van der Waals surface area contributed by atoms with Gasteiger partial charge in [-0.3, -0.25) is 9.59 Å². The lowest BCUT2D eigenvalue weighted by Crippen LogP contribution is -2.60. The third kappa shape index (κ3) is 21.7. The third-order valence-corrected chi connectivity index (χ3v) is 9.51. The zero-order chi connectivity index (χ0) is 35.2. The van der Waals surface area contributed by atoms with Crippen LogP contribution < -0.4 is 10.6 Å². The second-order valence-electron chi connectivity index (χ2n) is 14.0. The number of amides is 2. The molecule has 1 rings (SSSR count). The van der Waals surface area contributed by atoms with E-state index in [-0.39, 0.29) is 18.4 Å². The predicted molar refractivity (Wildman–Crippen MR) is 191 cm³/mol. The van der Waals surface area contributed by atoms with Gasteiger partial charge in [0.2, 0.25) is 11.8 Å². The first kappa shape index (κ1) is 44.7. The van der Waals surface area contributed by atoms with Crippen LogP contribution in [0.3, 0.4) is 0 Å². The molecule has 6 N–H and O–H groups in total. The van der Waals surface area contributed by atoms with Crippen LogP contribution in [0.25, 0.3) is 0 Å². The summed E-state index contributed by atoms with van der Waals surface area (Å²) in [6.45, 7) is 4.09. The van der Waals surface area contributed by atoms with Crippen LogP contribution in [-0.2, 0) is 19.1 Å². The molecule has 1 aliphatic heterocycles. The highest BCUT2D eigenvalue weighted by Crippen LogP contribution is 2.22. The van der Waals surface area contributed by atoms with Gasteiger partial charge in [-0.15, -0.1) is 0 Å². The largest absolute Gasteiger partial charge is 0.394 e. The van der Waals surface area contributed by atoms with E-state index in [1.54, 1.807) is 0 Å². The van der Waals surface area contributed by atoms with Crippen molar-refractivity contribution in [2.45, 2.75) is 211 Å². The van der Waals surface area contributed by atoms with Gasteiger partial charge >= 0.3 is 0 Å². The second-order valence-corrected chi connectivity index (χ2v) is 14.0. The van der Waals surface area contributed by atoms with Gasteiger partial charge in [0.1, 0.15) is 30.5 Å². The summed E-state index contributed by atoms with van der Waals surface area (Å²) in [5, 5.41) is 45.6. The maximum Gasteiger partial charge on any atom is 0.244 e. The standard InChI is InChI=1S/C38H74N2O8/c1-3-5-7-9-11-13-15-17-19-21-23-25-27-33(42)40-31(30-47-38-36(45)35(44)34(43)32(29-41)48-38)37(46)39-28-26-24-22-20-18-16-14-12-10-8-6-4-2/h31-32,34-36,38,41,43-45H,3-30H2,1-2H3,(H,39,46)(H,40,42)/t31-,32+,34+,35-,36+,38-/m0/s1. The molecule has 2 amide bonds. The highest BCUT2D eigenvalue weighted by Gasteiger charge is 2.44. The number of hydrogen-bond acceptors (Lipinski definition) is 8. The van der Waals surface area contributed by atoms with Crippen LogP contribution in [0.4, 0.5) is 0 Å². The Kier molecular flexibility index (Phi) is 28.4. The molecular formula is C38H74N2O8. The quantitative estimate of drug-likeness (QED) is 0.0457. The summed E-state index contributed by atoms with van der Waals surface area (Å²) in [4.78, 5) is 25.9. The minimum Gasteiger partial charge on any atom is -0.394 e. The van der Waals surface area contributed by atoms with Gasteiger partial charge < -0.3 is 40.5 Å². The molecule has 1 aliphatic rings. The molecule has 1 fully saturated rings. The Morgan fingerprint density at radius 3 is 1.52 bits per heavy atom. The molecule has 10 nitrogen and oxygen atoms in total. The molecule has 1 heterocycles. The third-order valence-electron chi connectivity index (χ3n) is 9.51. The van der Waals surface area contributed by atoms with Gasteiger partial charge in [-0.1, -0.05) is 155 Å². The van der Waals surface area contributed by atoms with E-state index in [1.165, 1.54) is 116 Å². The fraction of sp³-hybridized carbons (Fsp3) is 0.947. The molecule has 0 aromatic carbocycles. The lowest BCUT2D eigenvalue weighted by molar-refractivity contribution is -0.301. The summed E-state index contributed by atoms with van der Waals surface area (Å²) >= 11 is 0. The van der Waals surface area contributed by atoms with E-state index in [1.807, 2.05) is 0 Å². The number of aliphatic hydroxyl groups excluding tert-OH is 4. The molecule has 0 bridgehead atoms. The topological polar surface area (TPSA) is 158 Å². The Balaban J connectivity index is 2.40. The average molecular weight is 687 g/mol. The molecular weight excluding hydrogens is 612 g/mol. The SMILES string of the molecule is CCCCCCCCCCCCCCNC(=O)[C@H](CO[C@H]1O[C@H](CO)[C@@H](O)[C@H](O)[C@H]1O)NC(=O)CCCCCCCCCCCCCC. The van der Waals surface area contributed by atoms with E-state index >= 15 is 0 Å². The van der Waals surface area contributed by atoms with Crippen molar-refractivity contribution in [2.75, 3.05) is 19.8 Å². The number of carbonyl (C=O) groups is 2. The molecule has 0 aliphatic carbocycles. The number of rotatable bonds is 32. The van der Waals surface area contributed by atoms with Gasteiger partial charge in [0.15, 0.2) is 6.29 Å². The van der Waals surface area contributed by atoms with Gasteiger partial charge in [0.25, 0.3) is 0 Å². The normalized spacial score (nSPS) is 21.7. The molecule has 0 unspecified atom stereocenters. The summed E-state index contributed by atoms with van der Waals surface area (Å²) in [6.07, 6.45) is 22.3. The first-order valence-corrected chi connectivity index (χ1v) is 19.8. The number of ether oxygens (including phenoxy) is 2. The highest BCUT2D eigenvalue weighted by molar-refractivity contribution is 5.87. The monoisotopic (exact) mass is 687 g/mol. The molecule has 0 spiro atoms. The van der Waals surface area contributed by atoms with Crippen LogP contribution in [0.5, 0.6) is 0 Å². The maximum atomic E-state index is 13.1. The second kappa shape index (κ2) is 30.5. The van der Waals surface area contributed by atoms with E-state index in [0.29, 0.717) is 13.0 Å². The fourth-order valence-corrected chi connectivity index (χ4v) is 6.27. The van der Waals surface area contributed by atoms with Crippen LogP contribution in [0, 0.1) is 0 Å². The zero-order valence-corrected chi connectivity index (χ0v) is 30.7. The number of unbranched alkanes of at least 4 members (excludes halogenated alkanes) is 22. The molecule has 0 saturated carbocycles. The lowest BCUT2D eigenvalue weighted by Gasteiger charge is -2.39. The molecule has 0 aromatic heterocycles. The van der Waals surface area contributed by atoms with Gasteiger partial charge in [-0.25, -0.2) is 0 Å². The van der Waals surface area contributed by atoms with Crippen molar-refractivity contribution in [1.82, 2.24) is 10.6 Å². The van der Waals surface area contributed by atoms with Crippen LogP contribution in [0.15, 0.2) is 0 Å². The van der Waals surface area contributed by atoms with E-state index in [2.05, 4.69) is 24.5 Å². The minimum atomic E-state index is -1.58. The fourth-order valence-electron chi connectivity index (χ4n) is 6.27. The van der Waals surface area contributed by atoms with Crippen molar-refractivity contribution >= 4 is 11.8 Å². The average Bonchev–Trinajstić information content (AvgIpc) is 3.08.